The van der Waals surface area contributed by atoms with Crippen LogP contribution in [0.5, 0.6) is 0 Å². The number of aromatic carboxylic acids is 1. The van der Waals surface area contributed by atoms with Gasteiger partial charge in [-0.1, -0.05) is 11.6 Å². The Morgan fingerprint density at radius 2 is 2.21 bits per heavy atom. The lowest BCUT2D eigenvalue weighted by molar-refractivity contribution is 0.0698. The van der Waals surface area contributed by atoms with Crippen LogP contribution in [0.25, 0.3) is 16.2 Å². The van der Waals surface area contributed by atoms with Gasteiger partial charge >= 0.3 is 5.97 Å². The second-order valence-corrected chi connectivity index (χ2v) is 5.73. The quantitative estimate of drug-likeness (QED) is 0.783. The first-order chi connectivity index (χ1) is 9.08. The summed E-state index contributed by atoms with van der Waals surface area (Å²) >= 11 is 7.69. The van der Waals surface area contributed by atoms with Crippen LogP contribution in [0.3, 0.4) is 0 Å². The van der Waals surface area contributed by atoms with Crippen LogP contribution in [-0.2, 0) is 0 Å². The number of rotatable bonds is 2. The van der Waals surface area contributed by atoms with Crippen molar-refractivity contribution in [1.82, 2.24) is 9.38 Å². The van der Waals surface area contributed by atoms with Crippen molar-refractivity contribution in [3.05, 3.63) is 46.1 Å². The molecule has 0 radical (unpaired) electrons. The zero-order valence-corrected chi connectivity index (χ0v) is 11.5. The number of thiophene rings is 1. The Morgan fingerprint density at radius 1 is 1.42 bits per heavy atom. The molecule has 96 valence electrons. The first-order valence-electron chi connectivity index (χ1n) is 5.54. The molecule has 0 aliphatic rings. The Balaban J connectivity index is 2.34. The average molecular weight is 293 g/mol. The van der Waals surface area contributed by atoms with Crippen LogP contribution in [0.1, 0.15) is 15.2 Å². The molecule has 6 heteroatoms. The Hall–Kier alpha value is -1.85. The summed E-state index contributed by atoms with van der Waals surface area (Å²) in [6, 6.07) is 7.15. The molecule has 0 amide bonds. The molecule has 0 aromatic carbocycles. The minimum Gasteiger partial charge on any atom is -0.478 e. The molecule has 4 nitrogen and oxygen atoms in total. The lowest BCUT2D eigenvalue weighted by Crippen LogP contribution is -2.00. The van der Waals surface area contributed by atoms with Crippen molar-refractivity contribution < 1.29 is 9.90 Å². The van der Waals surface area contributed by atoms with Crippen LogP contribution < -0.4 is 0 Å². The summed E-state index contributed by atoms with van der Waals surface area (Å²) in [5.74, 6) is -0.345. The van der Waals surface area contributed by atoms with Gasteiger partial charge in [-0.3, -0.25) is 4.40 Å². The van der Waals surface area contributed by atoms with Crippen molar-refractivity contribution in [3.63, 3.8) is 0 Å². The number of imidazole rings is 1. The maximum absolute atomic E-state index is 11.2. The van der Waals surface area contributed by atoms with E-state index in [2.05, 4.69) is 4.98 Å². The summed E-state index contributed by atoms with van der Waals surface area (Å²) in [4.78, 5) is 17.6. The zero-order valence-electron chi connectivity index (χ0n) is 9.92. The molecule has 3 aromatic rings. The standard InChI is InChI=1S/C13H9ClN2O2S/c1-7-4-5-9(19-7)12-15-11(14)10-8(13(17)18)3-2-6-16(10)12/h2-6H,1H3,(H,17,18). The van der Waals surface area contributed by atoms with Gasteiger partial charge < -0.3 is 5.11 Å². The minimum atomic E-state index is -1.01. The van der Waals surface area contributed by atoms with Gasteiger partial charge in [-0.2, -0.15) is 0 Å². The van der Waals surface area contributed by atoms with Gasteiger partial charge in [-0.15, -0.1) is 11.3 Å². The molecule has 0 unspecified atom stereocenters. The molecule has 0 atom stereocenters. The SMILES string of the molecule is Cc1ccc(-c2nc(Cl)c3c(C(=O)O)cccn23)s1. The van der Waals surface area contributed by atoms with Crippen molar-refractivity contribution in [1.29, 1.82) is 0 Å². The molecule has 0 fully saturated rings. The van der Waals surface area contributed by atoms with Gasteiger partial charge in [-0.25, -0.2) is 9.78 Å². The normalized spacial score (nSPS) is 11.1. The number of fused-ring (bicyclic) bond motifs is 1. The fourth-order valence-corrected chi connectivity index (χ4v) is 3.12. The fraction of sp³-hybridized carbons (Fsp3) is 0.0769. The molecular formula is C13H9ClN2O2S. The fourth-order valence-electron chi connectivity index (χ4n) is 2.00. The highest BCUT2D eigenvalue weighted by Gasteiger charge is 2.18. The van der Waals surface area contributed by atoms with E-state index in [0.717, 1.165) is 9.75 Å². The van der Waals surface area contributed by atoms with E-state index in [-0.39, 0.29) is 10.7 Å². The molecule has 1 N–H and O–H groups in total. The third-order valence-electron chi connectivity index (χ3n) is 2.81. The number of hydrogen-bond acceptors (Lipinski definition) is 3. The van der Waals surface area contributed by atoms with Gasteiger partial charge in [0.1, 0.15) is 0 Å². The maximum atomic E-state index is 11.2. The number of aromatic nitrogens is 2. The lowest BCUT2D eigenvalue weighted by atomic mass is 10.2. The molecular weight excluding hydrogens is 284 g/mol. The lowest BCUT2D eigenvalue weighted by Gasteiger charge is -2.01. The van der Waals surface area contributed by atoms with Gasteiger partial charge in [-0.05, 0) is 31.2 Å². The highest BCUT2D eigenvalue weighted by molar-refractivity contribution is 7.15. The average Bonchev–Trinajstić information content (AvgIpc) is 2.94. The van der Waals surface area contributed by atoms with Crippen LogP contribution in [0.2, 0.25) is 5.15 Å². The van der Waals surface area contributed by atoms with Crippen molar-refractivity contribution in [2.75, 3.05) is 0 Å². The third-order valence-corrected chi connectivity index (χ3v) is 4.07. The molecule has 0 saturated carbocycles. The highest BCUT2D eigenvalue weighted by Crippen LogP contribution is 2.31. The minimum absolute atomic E-state index is 0.152. The van der Waals surface area contributed by atoms with E-state index in [1.165, 1.54) is 6.07 Å². The van der Waals surface area contributed by atoms with E-state index in [4.69, 9.17) is 11.6 Å². The number of nitrogens with zero attached hydrogens (tertiary/aromatic N) is 2. The van der Waals surface area contributed by atoms with E-state index in [9.17, 15) is 9.90 Å². The largest absolute Gasteiger partial charge is 0.478 e. The van der Waals surface area contributed by atoms with Gasteiger partial charge in [0.2, 0.25) is 0 Å². The van der Waals surface area contributed by atoms with Crippen molar-refractivity contribution in [2.45, 2.75) is 6.92 Å². The smallest absolute Gasteiger partial charge is 0.337 e. The summed E-state index contributed by atoms with van der Waals surface area (Å²) < 4.78 is 1.72. The molecule has 3 rings (SSSR count). The maximum Gasteiger partial charge on any atom is 0.337 e. The zero-order chi connectivity index (χ0) is 13.6. The van der Waals surface area contributed by atoms with Crippen molar-refractivity contribution >= 4 is 34.4 Å². The number of aryl methyl sites for hydroxylation is 1. The van der Waals surface area contributed by atoms with E-state index >= 15 is 0 Å². The third kappa shape index (κ3) is 1.91. The number of pyridine rings is 1. The molecule has 3 heterocycles. The van der Waals surface area contributed by atoms with E-state index < -0.39 is 5.97 Å². The van der Waals surface area contributed by atoms with E-state index in [1.807, 2.05) is 19.1 Å². The molecule has 0 bridgehead atoms. The number of carbonyl (C=O) groups is 1. The molecule has 0 aliphatic carbocycles. The van der Waals surface area contributed by atoms with Gasteiger partial charge in [0, 0.05) is 11.1 Å². The summed E-state index contributed by atoms with van der Waals surface area (Å²) in [7, 11) is 0. The van der Waals surface area contributed by atoms with Crippen LogP contribution in [0.4, 0.5) is 0 Å². The van der Waals surface area contributed by atoms with E-state index in [1.54, 1.807) is 28.0 Å². The molecule has 0 aliphatic heterocycles. The van der Waals surface area contributed by atoms with Crippen LogP contribution in [0, 0.1) is 6.92 Å². The Labute approximate surface area is 117 Å². The van der Waals surface area contributed by atoms with Gasteiger partial charge in [0.15, 0.2) is 11.0 Å². The van der Waals surface area contributed by atoms with Crippen molar-refractivity contribution in [3.8, 4) is 10.7 Å². The van der Waals surface area contributed by atoms with Crippen LogP contribution >= 0.6 is 22.9 Å². The summed E-state index contributed by atoms with van der Waals surface area (Å²) in [5, 5.41) is 9.40. The number of carboxylic acids is 1. The first-order valence-corrected chi connectivity index (χ1v) is 6.74. The van der Waals surface area contributed by atoms with Gasteiger partial charge in [0.05, 0.1) is 16.0 Å². The van der Waals surface area contributed by atoms with Crippen molar-refractivity contribution in [2.24, 2.45) is 0 Å². The summed E-state index contributed by atoms with van der Waals surface area (Å²) in [5.41, 5.74) is 0.581. The Kier molecular flexibility index (Phi) is 2.80. The highest BCUT2D eigenvalue weighted by atomic mass is 35.5. The van der Waals surface area contributed by atoms with Crippen LogP contribution in [0.15, 0.2) is 30.5 Å². The van der Waals surface area contributed by atoms with Crippen LogP contribution in [-0.4, -0.2) is 20.5 Å². The molecule has 3 aromatic heterocycles. The van der Waals surface area contributed by atoms with Gasteiger partial charge in [0.25, 0.3) is 0 Å². The second kappa shape index (κ2) is 4.36. The summed E-state index contributed by atoms with van der Waals surface area (Å²) in [6.45, 7) is 2.01. The second-order valence-electron chi connectivity index (χ2n) is 4.08. The van der Waals surface area contributed by atoms with E-state index in [0.29, 0.717) is 11.3 Å². The Bertz CT molecular complexity index is 791. The Morgan fingerprint density at radius 3 is 2.84 bits per heavy atom. The predicted octanol–water partition coefficient (Wildman–Crippen LogP) is 3.72. The molecule has 0 saturated heterocycles. The topological polar surface area (TPSA) is 54.6 Å². The molecule has 0 spiro atoms. The number of halogens is 1. The number of carboxylic acid groups (broad SMARTS) is 1. The first kappa shape index (κ1) is 12.2. The summed E-state index contributed by atoms with van der Waals surface area (Å²) in [6.07, 6.45) is 1.77. The monoisotopic (exact) mass is 292 g/mol. The molecule has 19 heavy (non-hydrogen) atoms. The predicted molar refractivity (Wildman–Crippen MR) is 75.2 cm³/mol. The number of hydrogen-bond donors (Lipinski definition) is 1.